The third-order valence-corrected chi connectivity index (χ3v) is 4.68. The second kappa shape index (κ2) is 8.97. The molecule has 2 heterocycles. The first-order chi connectivity index (χ1) is 15.2. The van der Waals surface area contributed by atoms with E-state index in [2.05, 4.69) is 5.32 Å². The van der Waals surface area contributed by atoms with Crippen LogP contribution in [-0.2, 0) is 4.79 Å². The molecule has 0 unspecified atom stereocenters. The molecule has 0 aliphatic rings. The molecule has 0 spiro atoms. The second-order valence-electron chi connectivity index (χ2n) is 6.72. The molecule has 6 nitrogen and oxygen atoms in total. The molecule has 0 atom stereocenters. The Hall–Kier alpha value is -4.37. The maximum atomic E-state index is 12.8. The minimum absolute atomic E-state index is 0.0169. The number of aromatic nitrogens is 2. The van der Waals surface area contributed by atoms with Gasteiger partial charge in [0.05, 0.1) is 18.0 Å². The van der Waals surface area contributed by atoms with Crippen molar-refractivity contribution in [3.05, 3.63) is 90.3 Å². The topological polar surface area (TPSA) is 79.4 Å². The maximum absolute atomic E-state index is 12.8. The zero-order valence-corrected chi connectivity index (χ0v) is 16.9. The van der Waals surface area contributed by atoms with Crippen LogP contribution in [0.3, 0.4) is 0 Å². The largest absolute Gasteiger partial charge is 0.494 e. The highest BCUT2D eigenvalue weighted by Crippen LogP contribution is 2.26. The number of pyridine rings is 1. The Morgan fingerprint density at radius 2 is 1.84 bits per heavy atom. The Bertz CT molecular complexity index is 1280. The molecule has 0 aliphatic heterocycles. The van der Waals surface area contributed by atoms with E-state index in [0.29, 0.717) is 23.7 Å². The molecule has 0 bridgehead atoms. The summed E-state index contributed by atoms with van der Waals surface area (Å²) in [5.74, 6) is 0.228. The highest BCUT2D eigenvalue weighted by Gasteiger charge is 2.16. The SMILES string of the molecule is CCOc1ccc(NC(=O)/C(C#N)=C/c2c(-c3ccccc3)nc3ccccn23)cc1. The Morgan fingerprint density at radius 3 is 2.55 bits per heavy atom. The van der Waals surface area contributed by atoms with Crippen LogP contribution in [0.25, 0.3) is 23.0 Å². The van der Waals surface area contributed by atoms with Gasteiger partial charge >= 0.3 is 0 Å². The van der Waals surface area contributed by atoms with Crippen LogP contribution in [0.2, 0.25) is 0 Å². The molecule has 4 aromatic rings. The molecule has 31 heavy (non-hydrogen) atoms. The summed E-state index contributed by atoms with van der Waals surface area (Å²) in [7, 11) is 0. The van der Waals surface area contributed by atoms with Gasteiger partial charge in [0.15, 0.2) is 0 Å². The summed E-state index contributed by atoms with van der Waals surface area (Å²) in [6.45, 7) is 2.47. The maximum Gasteiger partial charge on any atom is 0.266 e. The summed E-state index contributed by atoms with van der Waals surface area (Å²) in [5, 5.41) is 12.5. The van der Waals surface area contributed by atoms with E-state index >= 15 is 0 Å². The first-order valence-corrected chi connectivity index (χ1v) is 9.88. The van der Waals surface area contributed by atoms with Crippen molar-refractivity contribution in [1.29, 1.82) is 5.26 Å². The van der Waals surface area contributed by atoms with Crippen LogP contribution in [-0.4, -0.2) is 21.9 Å². The minimum atomic E-state index is -0.489. The van der Waals surface area contributed by atoms with Gasteiger partial charge < -0.3 is 10.1 Å². The van der Waals surface area contributed by atoms with Gasteiger partial charge in [-0.1, -0.05) is 36.4 Å². The molecule has 2 aromatic heterocycles. The first-order valence-electron chi connectivity index (χ1n) is 9.88. The van der Waals surface area contributed by atoms with Gasteiger partial charge in [-0.3, -0.25) is 9.20 Å². The van der Waals surface area contributed by atoms with Crippen LogP contribution < -0.4 is 10.1 Å². The third kappa shape index (κ3) is 4.31. The Balaban J connectivity index is 1.70. The standard InChI is InChI=1S/C25H20N4O2/c1-2-31-21-13-11-20(12-14-21)27-25(30)19(17-26)16-22-24(18-8-4-3-5-9-18)28-23-10-6-7-15-29(22)23/h3-16H,2H2,1H3,(H,27,30)/b19-16+. The molecule has 152 valence electrons. The van der Waals surface area contributed by atoms with Crippen molar-refractivity contribution >= 4 is 23.3 Å². The minimum Gasteiger partial charge on any atom is -0.494 e. The number of nitrogens with one attached hydrogen (secondary N) is 1. The predicted octanol–water partition coefficient (Wildman–Crippen LogP) is 4.95. The van der Waals surface area contributed by atoms with Crippen LogP contribution in [0.4, 0.5) is 5.69 Å². The van der Waals surface area contributed by atoms with Crippen LogP contribution in [0.5, 0.6) is 5.75 Å². The third-order valence-electron chi connectivity index (χ3n) is 4.68. The Kier molecular flexibility index (Phi) is 5.77. The van der Waals surface area contributed by atoms with E-state index in [1.807, 2.05) is 72.1 Å². The van der Waals surface area contributed by atoms with Crippen molar-refractivity contribution in [2.75, 3.05) is 11.9 Å². The lowest BCUT2D eigenvalue weighted by Gasteiger charge is -2.07. The number of hydrogen-bond donors (Lipinski definition) is 1. The van der Waals surface area contributed by atoms with Gasteiger partial charge in [0.25, 0.3) is 5.91 Å². The number of fused-ring (bicyclic) bond motifs is 1. The van der Waals surface area contributed by atoms with Crippen LogP contribution in [0, 0.1) is 11.3 Å². The van der Waals surface area contributed by atoms with Gasteiger partial charge in [-0.25, -0.2) is 4.98 Å². The Labute approximate surface area is 180 Å². The van der Waals surface area contributed by atoms with E-state index < -0.39 is 5.91 Å². The number of benzene rings is 2. The zero-order chi connectivity index (χ0) is 21.6. The normalized spacial score (nSPS) is 11.2. The fourth-order valence-electron chi connectivity index (χ4n) is 3.25. The zero-order valence-electron chi connectivity index (χ0n) is 16.9. The van der Waals surface area contributed by atoms with Gasteiger partial charge in [-0.15, -0.1) is 0 Å². The molecule has 0 aliphatic carbocycles. The average Bonchev–Trinajstić information content (AvgIpc) is 3.18. The van der Waals surface area contributed by atoms with Crippen LogP contribution >= 0.6 is 0 Å². The van der Waals surface area contributed by atoms with E-state index in [0.717, 1.165) is 17.0 Å². The summed E-state index contributed by atoms with van der Waals surface area (Å²) < 4.78 is 7.28. The molecule has 6 heteroatoms. The lowest BCUT2D eigenvalue weighted by Crippen LogP contribution is -2.13. The highest BCUT2D eigenvalue weighted by molar-refractivity contribution is 6.10. The fraction of sp³-hybridized carbons (Fsp3) is 0.0800. The lowest BCUT2D eigenvalue weighted by atomic mass is 10.1. The van der Waals surface area contributed by atoms with Gasteiger partial charge in [-0.2, -0.15) is 5.26 Å². The molecule has 0 saturated heterocycles. The number of carbonyl (C=O) groups excluding carboxylic acids is 1. The van der Waals surface area contributed by atoms with Gasteiger partial charge in [0, 0.05) is 17.4 Å². The van der Waals surface area contributed by atoms with Crippen LogP contribution in [0.1, 0.15) is 12.6 Å². The molecular weight excluding hydrogens is 388 g/mol. The van der Waals surface area contributed by atoms with Crippen molar-refractivity contribution in [1.82, 2.24) is 9.38 Å². The van der Waals surface area contributed by atoms with E-state index in [1.54, 1.807) is 30.3 Å². The molecule has 0 fully saturated rings. The number of nitriles is 1. The van der Waals surface area contributed by atoms with Crippen molar-refractivity contribution in [2.24, 2.45) is 0 Å². The summed E-state index contributed by atoms with van der Waals surface area (Å²) in [6, 6.07) is 24.4. The summed E-state index contributed by atoms with van der Waals surface area (Å²) in [5.41, 5.74) is 3.57. The number of carbonyl (C=O) groups is 1. The van der Waals surface area contributed by atoms with E-state index in [1.165, 1.54) is 0 Å². The van der Waals surface area contributed by atoms with Gasteiger partial charge in [-0.05, 0) is 49.4 Å². The van der Waals surface area contributed by atoms with Crippen molar-refractivity contribution in [2.45, 2.75) is 6.92 Å². The number of anilines is 1. The molecule has 4 rings (SSSR count). The number of amides is 1. The Morgan fingerprint density at radius 1 is 1.10 bits per heavy atom. The average molecular weight is 408 g/mol. The molecule has 2 aromatic carbocycles. The number of ether oxygens (including phenoxy) is 1. The predicted molar refractivity (Wildman–Crippen MR) is 120 cm³/mol. The van der Waals surface area contributed by atoms with Crippen molar-refractivity contribution in [3.63, 3.8) is 0 Å². The van der Waals surface area contributed by atoms with Crippen LogP contribution in [0.15, 0.2) is 84.6 Å². The number of imidazole rings is 1. The molecule has 1 amide bonds. The second-order valence-corrected chi connectivity index (χ2v) is 6.72. The lowest BCUT2D eigenvalue weighted by molar-refractivity contribution is -0.112. The summed E-state index contributed by atoms with van der Waals surface area (Å²) in [6.07, 6.45) is 3.44. The van der Waals surface area contributed by atoms with Crippen molar-refractivity contribution in [3.8, 4) is 23.1 Å². The first kappa shape index (κ1) is 19.9. The number of rotatable bonds is 6. The smallest absolute Gasteiger partial charge is 0.266 e. The molecular formula is C25H20N4O2. The van der Waals surface area contributed by atoms with Gasteiger partial charge in [0.2, 0.25) is 0 Å². The molecule has 1 N–H and O–H groups in total. The summed E-state index contributed by atoms with van der Waals surface area (Å²) >= 11 is 0. The van der Waals surface area contributed by atoms with E-state index in [-0.39, 0.29) is 5.57 Å². The quantitative estimate of drug-likeness (QED) is 0.362. The number of hydrogen-bond acceptors (Lipinski definition) is 4. The highest BCUT2D eigenvalue weighted by atomic mass is 16.5. The van der Waals surface area contributed by atoms with Gasteiger partial charge in [0.1, 0.15) is 23.0 Å². The molecule has 0 radical (unpaired) electrons. The van der Waals surface area contributed by atoms with E-state index in [9.17, 15) is 10.1 Å². The summed E-state index contributed by atoms with van der Waals surface area (Å²) in [4.78, 5) is 17.5. The number of nitrogens with zero attached hydrogens (tertiary/aromatic N) is 3. The monoisotopic (exact) mass is 408 g/mol. The van der Waals surface area contributed by atoms with Crippen molar-refractivity contribution < 1.29 is 9.53 Å². The fourth-order valence-corrected chi connectivity index (χ4v) is 3.25. The van der Waals surface area contributed by atoms with E-state index in [4.69, 9.17) is 9.72 Å². The molecule has 0 saturated carbocycles.